The summed E-state index contributed by atoms with van der Waals surface area (Å²) in [5.74, 6) is -0.661. The van der Waals surface area contributed by atoms with Gasteiger partial charge in [0.2, 0.25) is 5.91 Å². The number of nitrogens with one attached hydrogen (secondary N) is 1. The molecule has 1 aliphatic rings. The standard InChI is InChI=1S/C26H32N2O5S2/c1-17(24(30)31)28(4)23(29)13-14-34-35-26(2,3)16-27-25(32)33-15-22-20-11-7-5-9-18(20)19-10-6-8-12-21(19)22/h5-12,17,22H,13-16H2,1-4H3,(H,27,32)(H,30,31)/t17-/m0/s1. The lowest BCUT2D eigenvalue weighted by Gasteiger charge is -2.24. The number of fused-ring (bicyclic) bond motifs is 3. The molecule has 3 rings (SSSR count). The molecule has 35 heavy (non-hydrogen) atoms. The van der Waals surface area contributed by atoms with E-state index in [9.17, 15) is 14.4 Å². The molecule has 0 unspecified atom stereocenters. The number of carbonyl (C=O) groups is 3. The van der Waals surface area contributed by atoms with E-state index in [1.165, 1.54) is 51.9 Å². The van der Waals surface area contributed by atoms with E-state index in [-0.39, 0.29) is 29.6 Å². The first-order chi connectivity index (χ1) is 16.6. The van der Waals surface area contributed by atoms with E-state index >= 15 is 0 Å². The zero-order valence-electron chi connectivity index (χ0n) is 20.4. The Kier molecular flexibility index (Phi) is 9.13. The number of benzene rings is 2. The van der Waals surface area contributed by atoms with Crippen LogP contribution in [0.4, 0.5) is 4.79 Å². The van der Waals surface area contributed by atoms with Gasteiger partial charge in [0.1, 0.15) is 12.6 Å². The van der Waals surface area contributed by atoms with Crippen LogP contribution in [0.15, 0.2) is 48.5 Å². The van der Waals surface area contributed by atoms with Gasteiger partial charge in [0.15, 0.2) is 0 Å². The predicted octanol–water partition coefficient (Wildman–Crippen LogP) is 5.01. The molecule has 9 heteroatoms. The van der Waals surface area contributed by atoms with Crippen molar-refractivity contribution in [1.29, 1.82) is 0 Å². The van der Waals surface area contributed by atoms with Crippen molar-refractivity contribution < 1.29 is 24.2 Å². The van der Waals surface area contributed by atoms with Crippen molar-refractivity contribution in [1.82, 2.24) is 10.2 Å². The molecule has 188 valence electrons. The lowest BCUT2D eigenvalue weighted by atomic mass is 9.98. The van der Waals surface area contributed by atoms with Gasteiger partial charge in [-0.05, 0) is 43.0 Å². The van der Waals surface area contributed by atoms with Gasteiger partial charge in [0, 0.05) is 36.4 Å². The summed E-state index contributed by atoms with van der Waals surface area (Å²) in [7, 11) is 4.60. The summed E-state index contributed by atoms with van der Waals surface area (Å²) < 4.78 is 5.32. The van der Waals surface area contributed by atoms with Crippen molar-refractivity contribution in [3.63, 3.8) is 0 Å². The molecule has 0 fully saturated rings. The molecule has 0 radical (unpaired) electrons. The average molecular weight is 517 g/mol. The highest BCUT2D eigenvalue weighted by atomic mass is 33.1. The Bertz CT molecular complexity index is 1030. The third kappa shape index (κ3) is 6.95. The third-order valence-electron chi connectivity index (χ3n) is 6.02. The molecule has 0 bridgehead atoms. The molecule has 1 aliphatic carbocycles. The smallest absolute Gasteiger partial charge is 0.407 e. The molecule has 0 heterocycles. The van der Waals surface area contributed by atoms with E-state index in [0.29, 0.717) is 12.3 Å². The molecule has 0 saturated carbocycles. The number of carboxylic acid groups (broad SMARTS) is 1. The normalized spacial score (nSPS) is 13.5. The summed E-state index contributed by atoms with van der Waals surface area (Å²) in [5.41, 5.74) is 4.72. The van der Waals surface area contributed by atoms with Gasteiger partial charge >= 0.3 is 12.1 Å². The number of likely N-dealkylation sites (N-methyl/N-ethyl adjacent to an activating group) is 1. The molecule has 2 aromatic carbocycles. The van der Waals surface area contributed by atoms with Gasteiger partial charge in [-0.3, -0.25) is 4.79 Å². The topological polar surface area (TPSA) is 95.9 Å². The largest absolute Gasteiger partial charge is 0.480 e. The molecular formula is C26H32N2O5S2. The van der Waals surface area contributed by atoms with Gasteiger partial charge in [-0.1, -0.05) is 70.1 Å². The van der Waals surface area contributed by atoms with Crippen LogP contribution in [0.25, 0.3) is 11.1 Å². The second kappa shape index (κ2) is 11.9. The summed E-state index contributed by atoms with van der Waals surface area (Å²) in [6, 6.07) is 15.6. The lowest BCUT2D eigenvalue weighted by molar-refractivity contribution is -0.148. The van der Waals surface area contributed by atoms with Crippen LogP contribution >= 0.6 is 21.6 Å². The summed E-state index contributed by atoms with van der Waals surface area (Å²) in [6.07, 6.45) is -0.202. The summed E-state index contributed by atoms with van der Waals surface area (Å²) >= 11 is 0. The summed E-state index contributed by atoms with van der Waals surface area (Å²) in [4.78, 5) is 36.8. The molecule has 0 aromatic heterocycles. The zero-order chi connectivity index (χ0) is 25.6. The fourth-order valence-electron chi connectivity index (χ4n) is 3.85. The number of ether oxygens (including phenoxy) is 1. The number of hydrogen-bond acceptors (Lipinski definition) is 6. The molecule has 0 saturated heterocycles. The highest BCUT2D eigenvalue weighted by Crippen LogP contribution is 2.44. The van der Waals surface area contributed by atoms with Crippen molar-refractivity contribution >= 4 is 39.6 Å². The first kappa shape index (κ1) is 26.9. The number of hydrogen-bond donors (Lipinski definition) is 2. The van der Waals surface area contributed by atoms with Crippen molar-refractivity contribution in [3.05, 3.63) is 59.7 Å². The monoisotopic (exact) mass is 516 g/mol. The molecular weight excluding hydrogens is 484 g/mol. The van der Waals surface area contributed by atoms with Gasteiger partial charge in [-0.25, -0.2) is 9.59 Å². The minimum absolute atomic E-state index is 0.0191. The number of rotatable bonds is 11. The van der Waals surface area contributed by atoms with Crippen LogP contribution in [0, 0.1) is 0 Å². The Morgan fingerprint density at radius 3 is 2.23 bits per heavy atom. The summed E-state index contributed by atoms with van der Waals surface area (Å²) in [6.45, 7) is 6.18. The molecule has 0 spiro atoms. The molecule has 2 N–H and O–H groups in total. The Morgan fingerprint density at radius 1 is 1.09 bits per heavy atom. The van der Waals surface area contributed by atoms with E-state index in [4.69, 9.17) is 9.84 Å². The maximum Gasteiger partial charge on any atom is 0.407 e. The van der Waals surface area contributed by atoms with Crippen molar-refractivity contribution in [2.75, 3.05) is 26.0 Å². The molecule has 0 aliphatic heterocycles. The van der Waals surface area contributed by atoms with Crippen LogP contribution < -0.4 is 5.32 Å². The molecule has 1 atom stereocenters. The van der Waals surface area contributed by atoms with Crippen LogP contribution in [-0.4, -0.2) is 64.7 Å². The van der Waals surface area contributed by atoms with Crippen molar-refractivity contribution in [2.24, 2.45) is 0 Å². The Morgan fingerprint density at radius 2 is 1.66 bits per heavy atom. The number of carboxylic acids is 1. The Hall–Kier alpha value is -2.65. The third-order valence-corrected chi connectivity index (χ3v) is 9.31. The number of nitrogens with zero attached hydrogens (tertiary/aromatic N) is 1. The average Bonchev–Trinajstić information content (AvgIpc) is 3.16. The van der Waals surface area contributed by atoms with Gasteiger partial charge < -0.3 is 20.1 Å². The van der Waals surface area contributed by atoms with Gasteiger partial charge in [0.25, 0.3) is 0 Å². The number of alkyl carbamates (subject to hydrolysis) is 1. The molecule has 2 aromatic rings. The van der Waals surface area contributed by atoms with Crippen LogP contribution in [0.3, 0.4) is 0 Å². The minimum atomic E-state index is -1.02. The minimum Gasteiger partial charge on any atom is -0.480 e. The second-order valence-corrected chi connectivity index (χ2v) is 12.2. The van der Waals surface area contributed by atoms with Crippen LogP contribution in [-0.2, 0) is 14.3 Å². The fraction of sp³-hybridized carbons (Fsp3) is 0.423. The lowest BCUT2D eigenvalue weighted by Crippen LogP contribution is -2.40. The van der Waals surface area contributed by atoms with Crippen molar-refractivity contribution in [2.45, 2.75) is 43.9 Å². The first-order valence-corrected chi connectivity index (χ1v) is 13.8. The zero-order valence-corrected chi connectivity index (χ0v) is 22.1. The predicted molar refractivity (Wildman–Crippen MR) is 142 cm³/mol. The SMILES string of the molecule is C[C@@H](C(=O)O)N(C)C(=O)CCSSC(C)(C)CNC(=O)OCC1c2ccccc2-c2ccccc21. The molecule has 2 amide bonds. The number of amides is 2. The molecule has 7 nitrogen and oxygen atoms in total. The maximum atomic E-state index is 12.4. The highest BCUT2D eigenvalue weighted by Gasteiger charge is 2.29. The number of carbonyl (C=O) groups excluding carboxylic acids is 2. The maximum absolute atomic E-state index is 12.4. The van der Waals surface area contributed by atoms with E-state index < -0.39 is 18.1 Å². The van der Waals surface area contributed by atoms with E-state index in [1.807, 2.05) is 38.1 Å². The van der Waals surface area contributed by atoms with E-state index in [1.54, 1.807) is 10.8 Å². The van der Waals surface area contributed by atoms with E-state index in [2.05, 4.69) is 29.6 Å². The van der Waals surface area contributed by atoms with Crippen LogP contribution in [0.1, 0.15) is 44.2 Å². The number of aliphatic carboxylic acids is 1. The quantitative estimate of drug-likeness (QED) is 0.320. The van der Waals surface area contributed by atoms with Gasteiger partial charge in [-0.2, -0.15) is 0 Å². The van der Waals surface area contributed by atoms with Gasteiger partial charge in [-0.15, -0.1) is 0 Å². The Labute approximate surface area is 214 Å². The summed E-state index contributed by atoms with van der Waals surface area (Å²) in [5, 5.41) is 11.9. The first-order valence-electron chi connectivity index (χ1n) is 11.5. The second-order valence-electron chi connectivity index (χ2n) is 9.11. The van der Waals surface area contributed by atoms with Crippen LogP contribution in [0.2, 0.25) is 0 Å². The van der Waals surface area contributed by atoms with Gasteiger partial charge in [0.05, 0.1) is 0 Å². The van der Waals surface area contributed by atoms with E-state index in [0.717, 1.165) is 0 Å². The fourth-order valence-corrected chi connectivity index (χ4v) is 6.28. The van der Waals surface area contributed by atoms with Crippen LogP contribution in [0.5, 0.6) is 0 Å². The van der Waals surface area contributed by atoms with Crippen molar-refractivity contribution in [3.8, 4) is 11.1 Å². The Balaban J connectivity index is 1.41. The highest BCUT2D eigenvalue weighted by molar-refractivity contribution is 8.77.